The third-order valence-corrected chi connectivity index (χ3v) is 8.85. The van der Waals surface area contributed by atoms with E-state index in [-0.39, 0.29) is 0 Å². The Morgan fingerprint density at radius 1 is 0.824 bits per heavy atom. The normalized spacial score (nSPS) is 18.4. The van der Waals surface area contributed by atoms with Crippen LogP contribution in [0.1, 0.15) is 114 Å². The van der Waals surface area contributed by atoms with Crippen LogP contribution in [0.5, 0.6) is 0 Å². The summed E-state index contributed by atoms with van der Waals surface area (Å²) in [5, 5.41) is 4.38. The zero-order valence-corrected chi connectivity index (χ0v) is 22.2. The first-order valence-electron chi connectivity index (χ1n) is 13.9. The first-order chi connectivity index (χ1) is 16.8. The van der Waals surface area contributed by atoms with Crippen LogP contribution in [0.3, 0.4) is 0 Å². The molecule has 1 saturated carbocycles. The lowest BCUT2D eigenvalue weighted by atomic mass is 9.77. The summed E-state index contributed by atoms with van der Waals surface area (Å²) in [7, 11) is 0. The molecule has 1 aliphatic carbocycles. The molecule has 0 saturated heterocycles. The van der Waals surface area contributed by atoms with E-state index >= 15 is 0 Å². The molecule has 1 fully saturated rings. The molecule has 0 unspecified atom stereocenters. The van der Waals surface area contributed by atoms with Crippen LogP contribution in [0, 0.1) is 5.92 Å². The molecular formula is C31H43NOS. The minimum absolute atomic E-state index is 0.730. The molecule has 3 aromatic rings. The third kappa shape index (κ3) is 7.07. The van der Waals surface area contributed by atoms with Crippen molar-refractivity contribution in [1.29, 1.82) is 0 Å². The van der Waals surface area contributed by atoms with Crippen molar-refractivity contribution in [2.45, 2.75) is 110 Å². The summed E-state index contributed by atoms with van der Waals surface area (Å²) >= 11 is 1.86. The van der Waals surface area contributed by atoms with Gasteiger partial charge in [0.1, 0.15) is 5.69 Å². The highest BCUT2D eigenvalue weighted by Crippen LogP contribution is 2.38. The van der Waals surface area contributed by atoms with Gasteiger partial charge in [-0.25, -0.2) is 0 Å². The number of hydrogen-bond donors (Lipinski definition) is 0. The average molecular weight is 478 g/mol. The predicted octanol–water partition coefficient (Wildman–Crippen LogP) is 10.4. The van der Waals surface area contributed by atoms with Gasteiger partial charge in [-0.15, -0.1) is 11.3 Å². The molecule has 0 atom stereocenters. The smallest absolute Gasteiger partial charge is 0.167 e. The Bertz CT molecular complexity index is 961. The van der Waals surface area contributed by atoms with Crippen molar-refractivity contribution >= 4 is 11.3 Å². The maximum Gasteiger partial charge on any atom is 0.167 e. The summed E-state index contributed by atoms with van der Waals surface area (Å²) < 4.78 is 5.74. The van der Waals surface area contributed by atoms with Crippen molar-refractivity contribution in [2.24, 2.45) is 5.92 Å². The second kappa shape index (κ2) is 13.3. The molecule has 0 radical (unpaired) electrons. The fourth-order valence-electron chi connectivity index (χ4n) is 5.47. The minimum Gasteiger partial charge on any atom is -0.356 e. The highest BCUT2D eigenvalue weighted by molar-refractivity contribution is 7.15. The summed E-state index contributed by atoms with van der Waals surface area (Å²) in [5.41, 5.74) is 3.59. The van der Waals surface area contributed by atoms with Crippen LogP contribution in [0.25, 0.3) is 21.9 Å². The van der Waals surface area contributed by atoms with E-state index in [0.717, 1.165) is 28.9 Å². The summed E-state index contributed by atoms with van der Waals surface area (Å²) in [6.07, 6.45) is 18.9. The molecule has 184 valence electrons. The standard InChI is InChI=1S/C31H43NOS/c1-3-5-7-8-10-12-28-21-22-31(34-28)29-23-30(33-32-29)27-19-17-26(18-20-27)25-15-13-24(14-16-25)11-9-6-4-2/h17-25H,3-16H2,1-2H3/t24-,25-. The van der Waals surface area contributed by atoms with Gasteiger partial charge >= 0.3 is 0 Å². The van der Waals surface area contributed by atoms with Gasteiger partial charge in [-0.2, -0.15) is 0 Å². The van der Waals surface area contributed by atoms with E-state index in [0.29, 0.717) is 0 Å². The van der Waals surface area contributed by atoms with E-state index in [9.17, 15) is 0 Å². The van der Waals surface area contributed by atoms with Gasteiger partial charge in [-0.3, -0.25) is 0 Å². The van der Waals surface area contributed by atoms with Crippen molar-refractivity contribution in [2.75, 3.05) is 0 Å². The Morgan fingerprint density at radius 3 is 2.32 bits per heavy atom. The topological polar surface area (TPSA) is 26.0 Å². The summed E-state index contributed by atoms with van der Waals surface area (Å²) in [6.45, 7) is 4.57. The second-order valence-corrected chi connectivity index (χ2v) is 11.5. The first kappa shape index (κ1) is 25.2. The Kier molecular flexibility index (Phi) is 9.85. The van der Waals surface area contributed by atoms with Gasteiger partial charge < -0.3 is 4.52 Å². The Hall–Kier alpha value is -1.87. The van der Waals surface area contributed by atoms with Crippen molar-refractivity contribution in [3.05, 3.63) is 52.9 Å². The zero-order chi connectivity index (χ0) is 23.6. The van der Waals surface area contributed by atoms with Crippen molar-refractivity contribution in [3.63, 3.8) is 0 Å². The number of thiophene rings is 1. The second-order valence-electron chi connectivity index (χ2n) is 10.3. The molecule has 34 heavy (non-hydrogen) atoms. The van der Waals surface area contributed by atoms with E-state index in [1.54, 1.807) is 0 Å². The number of rotatable bonds is 13. The lowest BCUT2D eigenvalue weighted by Gasteiger charge is -2.29. The van der Waals surface area contributed by atoms with Crippen molar-refractivity contribution in [3.8, 4) is 21.9 Å². The van der Waals surface area contributed by atoms with E-state index < -0.39 is 0 Å². The Morgan fingerprint density at radius 2 is 1.56 bits per heavy atom. The highest BCUT2D eigenvalue weighted by atomic mass is 32.1. The van der Waals surface area contributed by atoms with Crippen LogP contribution in [0.15, 0.2) is 47.0 Å². The molecule has 2 nitrogen and oxygen atoms in total. The van der Waals surface area contributed by atoms with Gasteiger partial charge in [0.15, 0.2) is 5.76 Å². The predicted molar refractivity (Wildman–Crippen MR) is 147 cm³/mol. The molecular weight excluding hydrogens is 434 g/mol. The van der Waals surface area contributed by atoms with Crippen LogP contribution in [0.2, 0.25) is 0 Å². The lowest BCUT2D eigenvalue weighted by molar-refractivity contribution is 0.303. The molecule has 4 rings (SSSR count). The van der Waals surface area contributed by atoms with Crippen LogP contribution >= 0.6 is 11.3 Å². The maximum absolute atomic E-state index is 5.74. The zero-order valence-electron chi connectivity index (χ0n) is 21.4. The van der Waals surface area contributed by atoms with Crippen molar-refractivity contribution < 1.29 is 4.52 Å². The minimum atomic E-state index is 0.730. The number of benzene rings is 1. The molecule has 2 heterocycles. The van der Waals surface area contributed by atoms with Gasteiger partial charge in [-0.1, -0.05) is 94.6 Å². The number of aromatic nitrogens is 1. The number of unbranched alkanes of at least 4 members (excludes halogenated alkanes) is 6. The molecule has 0 bridgehead atoms. The number of aryl methyl sites for hydroxylation is 1. The summed E-state index contributed by atoms with van der Waals surface area (Å²) in [6, 6.07) is 15.7. The van der Waals surface area contributed by atoms with Gasteiger partial charge in [0.05, 0.1) is 4.88 Å². The lowest BCUT2D eigenvalue weighted by Crippen LogP contribution is -2.13. The maximum atomic E-state index is 5.74. The van der Waals surface area contributed by atoms with Gasteiger partial charge in [0.2, 0.25) is 0 Å². The Balaban J connectivity index is 1.29. The summed E-state index contributed by atoms with van der Waals surface area (Å²) in [4.78, 5) is 2.67. The Labute approximate surface area is 211 Å². The molecule has 0 aliphatic heterocycles. The highest BCUT2D eigenvalue weighted by Gasteiger charge is 2.22. The molecule has 0 amide bonds. The van der Waals surface area contributed by atoms with Gasteiger partial charge in [0, 0.05) is 16.5 Å². The molecule has 3 heteroatoms. The third-order valence-electron chi connectivity index (χ3n) is 7.68. The van der Waals surface area contributed by atoms with E-state index in [1.165, 1.54) is 105 Å². The largest absolute Gasteiger partial charge is 0.356 e. The fraction of sp³-hybridized carbons (Fsp3) is 0.581. The molecule has 1 aliphatic rings. The van der Waals surface area contributed by atoms with Crippen LogP contribution < -0.4 is 0 Å². The average Bonchev–Trinajstić information content (AvgIpc) is 3.55. The van der Waals surface area contributed by atoms with Gasteiger partial charge in [0.25, 0.3) is 0 Å². The quantitative estimate of drug-likeness (QED) is 0.229. The summed E-state index contributed by atoms with van der Waals surface area (Å²) in [5.74, 6) is 2.57. The van der Waals surface area contributed by atoms with E-state index in [4.69, 9.17) is 4.52 Å². The number of nitrogens with zero attached hydrogens (tertiary/aromatic N) is 1. The molecule has 1 aromatic carbocycles. The van der Waals surface area contributed by atoms with Crippen molar-refractivity contribution in [1.82, 2.24) is 5.16 Å². The van der Waals surface area contributed by atoms with Crippen LogP contribution in [-0.2, 0) is 6.42 Å². The molecule has 2 aromatic heterocycles. The first-order valence-corrected chi connectivity index (χ1v) is 14.7. The molecule has 0 N–H and O–H groups in total. The monoisotopic (exact) mass is 477 g/mol. The fourth-order valence-corrected chi connectivity index (χ4v) is 6.47. The van der Waals surface area contributed by atoms with Crippen LogP contribution in [0.4, 0.5) is 0 Å². The van der Waals surface area contributed by atoms with Crippen LogP contribution in [-0.4, -0.2) is 5.16 Å². The van der Waals surface area contributed by atoms with E-state index in [2.05, 4.69) is 61.5 Å². The van der Waals surface area contributed by atoms with Gasteiger partial charge in [-0.05, 0) is 68.1 Å². The number of hydrogen-bond acceptors (Lipinski definition) is 3. The SMILES string of the molecule is CCCCCCCc1ccc(-c2cc(-c3ccc([C@H]4CC[C@H](CCCCC)CC4)cc3)on2)s1. The van der Waals surface area contributed by atoms with E-state index in [1.807, 2.05) is 11.3 Å². The molecule has 0 spiro atoms.